The molecule has 0 bridgehead atoms. The predicted molar refractivity (Wildman–Crippen MR) is 62.9 cm³/mol. The lowest BCUT2D eigenvalue weighted by atomic mass is 10.3. The Morgan fingerprint density at radius 1 is 1.59 bits per heavy atom. The minimum Gasteiger partial charge on any atom is -0.550 e. The molecule has 0 radical (unpaired) electrons. The van der Waals surface area contributed by atoms with Gasteiger partial charge in [-0.05, 0) is 6.92 Å². The summed E-state index contributed by atoms with van der Waals surface area (Å²) in [7, 11) is 0. The standard InChI is InChI=1S/C11H18N2O3S/c1-2-13(5-6-14)4-3-10-12-9(8-17-10)7-11(15)16/h8,14H,2-7H2,1H3,(H,15,16). The van der Waals surface area contributed by atoms with Crippen LogP contribution in [0.15, 0.2) is 5.38 Å². The van der Waals surface area contributed by atoms with E-state index in [0.29, 0.717) is 5.69 Å². The first-order valence-electron chi connectivity index (χ1n) is 5.73. The number of thiazole rings is 1. The van der Waals surface area contributed by atoms with Gasteiger partial charge in [-0.15, -0.1) is 11.3 Å². The SMILES string of the molecule is CC[NH+](CCO)CCc1nc(CC(=O)[O-])cs1. The molecule has 0 spiro atoms. The Kier molecular flexibility index (Phi) is 6.10. The van der Waals surface area contributed by atoms with Crippen molar-refractivity contribution in [2.75, 3.05) is 26.2 Å². The molecule has 1 aromatic rings. The molecular formula is C11H18N2O3S. The van der Waals surface area contributed by atoms with Gasteiger partial charge in [-0.1, -0.05) is 0 Å². The molecule has 2 N–H and O–H groups in total. The normalized spacial score (nSPS) is 12.6. The molecule has 1 aromatic heterocycles. The Balaban J connectivity index is 2.40. The van der Waals surface area contributed by atoms with Gasteiger partial charge in [0.05, 0.1) is 30.4 Å². The van der Waals surface area contributed by atoms with E-state index < -0.39 is 5.97 Å². The first-order chi connectivity index (χ1) is 8.15. The number of hydrogen-bond donors (Lipinski definition) is 2. The van der Waals surface area contributed by atoms with Crippen LogP contribution < -0.4 is 10.0 Å². The van der Waals surface area contributed by atoms with Crippen LogP contribution in [0, 0.1) is 0 Å². The number of aliphatic hydroxyl groups is 1. The Hall–Kier alpha value is -0.980. The molecule has 17 heavy (non-hydrogen) atoms. The lowest BCUT2D eigenvalue weighted by Gasteiger charge is -2.15. The average molecular weight is 258 g/mol. The van der Waals surface area contributed by atoms with Crippen LogP contribution in [0.1, 0.15) is 17.6 Å². The van der Waals surface area contributed by atoms with Gasteiger partial charge in [-0.3, -0.25) is 0 Å². The summed E-state index contributed by atoms with van der Waals surface area (Å²) >= 11 is 1.48. The van der Waals surface area contributed by atoms with E-state index in [4.69, 9.17) is 5.11 Å². The Morgan fingerprint density at radius 2 is 2.35 bits per heavy atom. The van der Waals surface area contributed by atoms with Crippen molar-refractivity contribution in [3.63, 3.8) is 0 Å². The second-order valence-electron chi connectivity index (χ2n) is 3.86. The van der Waals surface area contributed by atoms with Crippen molar-refractivity contribution in [3.05, 3.63) is 16.1 Å². The molecule has 1 heterocycles. The third kappa shape index (κ3) is 5.25. The zero-order valence-electron chi connectivity index (χ0n) is 9.94. The van der Waals surface area contributed by atoms with E-state index in [1.807, 2.05) is 0 Å². The van der Waals surface area contributed by atoms with Gasteiger partial charge in [-0.25, -0.2) is 4.98 Å². The smallest absolute Gasteiger partial charge is 0.101 e. The Morgan fingerprint density at radius 3 is 2.94 bits per heavy atom. The van der Waals surface area contributed by atoms with Crippen LogP contribution in [0.4, 0.5) is 0 Å². The third-order valence-electron chi connectivity index (χ3n) is 2.58. The number of quaternary nitrogens is 1. The van der Waals surface area contributed by atoms with Crippen LogP contribution in [0.25, 0.3) is 0 Å². The molecule has 0 aliphatic heterocycles. The van der Waals surface area contributed by atoms with Gasteiger partial charge >= 0.3 is 0 Å². The van der Waals surface area contributed by atoms with Crippen molar-refractivity contribution in [1.29, 1.82) is 0 Å². The van der Waals surface area contributed by atoms with Crippen LogP contribution in [0.2, 0.25) is 0 Å². The molecule has 1 atom stereocenters. The van der Waals surface area contributed by atoms with E-state index in [9.17, 15) is 9.90 Å². The Labute approximate surface area is 105 Å². The second-order valence-corrected chi connectivity index (χ2v) is 4.80. The molecular weight excluding hydrogens is 240 g/mol. The maximum Gasteiger partial charge on any atom is 0.101 e. The van der Waals surface area contributed by atoms with Crippen LogP contribution >= 0.6 is 11.3 Å². The number of aliphatic carboxylic acids is 1. The maximum atomic E-state index is 10.4. The molecule has 0 fully saturated rings. The zero-order valence-corrected chi connectivity index (χ0v) is 10.8. The maximum absolute atomic E-state index is 10.4. The van der Waals surface area contributed by atoms with Crippen molar-refractivity contribution >= 4 is 17.3 Å². The summed E-state index contributed by atoms with van der Waals surface area (Å²) in [5, 5.41) is 22.0. The van der Waals surface area contributed by atoms with Gasteiger partial charge in [0.2, 0.25) is 0 Å². The molecule has 5 nitrogen and oxygen atoms in total. The minimum absolute atomic E-state index is 0.114. The number of nitrogens with one attached hydrogen (secondary N) is 1. The van der Waals surface area contributed by atoms with Gasteiger partial charge in [-0.2, -0.15) is 0 Å². The highest BCUT2D eigenvalue weighted by molar-refractivity contribution is 7.09. The van der Waals surface area contributed by atoms with E-state index in [2.05, 4.69) is 11.9 Å². The molecule has 0 aliphatic rings. The van der Waals surface area contributed by atoms with Crippen LogP contribution in [-0.4, -0.2) is 42.3 Å². The molecule has 0 saturated carbocycles. The van der Waals surface area contributed by atoms with Crippen molar-refractivity contribution in [2.24, 2.45) is 0 Å². The highest BCUT2D eigenvalue weighted by Gasteiger charge is 2.08. The average Bonchev–Trinajstić information content (AvgIpc) is 2.71. The number of likely N-dealkylation sites (N-methyl/N-ethyl adjacent to an activating group) is 1. The lowest BCUT2D eigenvalue weighted by Crippen LogP contribution is -3.12. The zero-order chi connectivity index (χ0) is 12.7. The number of hydrogen-bond acceptors (Lipinski definition) is 5. The fourth-order valence-electron chi connectivity index (χ4n) is 1.61. The van der Waals surface area contributed by atoms with E-state index in [1.165, 1.54) is 16.2 Å². The highest BCUT2D eigenvalue weighted by atomic mass is 32.1. The predicted octanol–water partition coefficient (Wildman–Crippen LogP) is -2.12. The first-order valence-corrected chi connectivity index (χ1v) is 6.61. The van der Waals surface area contributed by atoms with E-state index >= 15 is 0 Å². The summed E-state index contributed by atoms with van der Waals surface area (Å²) < 4.78 is 0. The third-order valence-corrected chi connectivity index (χ3v) is 3.54. The minimum atomic E-state index is -1.09. The number of carbonyl (C=O) groups is 1. The summed E-state index contributed by atoms with van der Waals surface area (Å²) in [5.74, 6) is -1.09. The monoisotopic (exact) mass is 258 g/mol. The first kappa shape index (κ1) is 14.1. The number of carboxylic acids is 1. The summed E-state index contributed by atoms with van der Waals surface area (Å²) in [4.78, 5) is 16.0. The number of carbonyl (C=O) groups excluding carboxylic acids is 1. The fraction of sp³-hybridized carbons (Fsp3) is 0.636. The summed E-state index contributed by atoms with van der Waals surface area (Å²) in [6, 6.07) is 0. The van der Waals surface area contributed by atoms with E-state index in [1.54, 1.807) is 5.38 Å². The van der Waals surface area contributed by atoms with Gasteiger partial charge in [0.1, 0.15) is 6.54 Å². The van der Waals surface area contributed by atoms with Crippen LogP contribution in [0.3, 0.4) is 0 Å². The number of nitrogens with zero attached hydrogens (tertiary/aromatic N) is 1. The van der Waals surface area contributed by atoms with Gasteiger partial charge < -0.3 is 19.9 Å². The molecule has 0 aliphatic carbocycles. The van der Waals surface area contributed by atoms with Crippen LogP contribution in [0.5, 0.6) is 0 Å². The molecule has 1 rings (SSSR count). The number of carboxylic acid groups (broad SMARTS) is 1. The molecule has 0 aromatic carbocycles. The highest BCUT2D eigenvalue weighted by Crippen LogP contribution is 2.09. The van der Waals surface area contributed by atoms with Crippen molar-refractivity contribution in [3.8, 4) is 0 Å². The van der Waals surface area contributed by atoms with Crippen molar-refractivity contribution in [1.82, 2.24) is 4.98 Å². The van der Waals surface area contributed by atoms with E-state index in [0.717, 1.165) is 31.1 Å². The van der Waals surface area contributed by atoms with Gasteiger partial charge in [0, 0.05) is 24.2 Å². The topological polar surface area (TPSA) is 77.7 Å². The lowest BCUT2D eigenvalue weighted by molar-refractivity contribution is -0.898. The number of aliphatic hydroxyl groups excluding tert-OH is 1. The van der Waals surface area contributed by atoms with Gasteiger partial charge in [0.15, 0.2) is 0 Å². The number of aromatic nitrogens is 1. The van der Waals surface area contributed by atoms with Gasteiger partial charge in [0.25, 0.3) is 0 Å². The fourth-order valence-corrected chi connectivity index (χ4v) is 2.41. The van der Waals surface area contributed by atoms with E-state index in [-0.39, 0.29) is 13.0 Å². The van der Waals surface area contributed by atoms with Crippen molar-refractivity contribution < 1.29 is 19.9 Å². The Bertz CT molecular complexity index is 354. The molecule has 96 valence electrons. The molecule has 1 unspecified atom stereocenters. The number of rotatable bonds is 8. The molecule has 0 amide bonds. The summed E-state index contributed by atoms with van der Waals surface area (Å²) in [6.45, 7) is 4.90. The molecule has 6 heteroatoms. The van der Waals surface area contributed by atoms with Crippen LogP contribution in [-0.2, 0) is 17.6 Å². The summed E-state index contributed by atoms with van der Waals surface area (Å²) in [5.41, 5.74) is 0.574. The summed E-state index contributed by atoms with van der Waals surface area (Å²) in [6.07, 6.45) is 0.707. The quantitative estimate of drug-likeness (QED) is 0.559. The molecule has 0 saturated heterocycles. The van der Waals surface area contributed by atoms with Crippen molar-refractivity contribution in [2.45, 2.75) is 19.8 Å². The second kappa shape index (κ2) is 7.37. The largest absolute Gasteiger partial charge is 0.550 e.